The van der Waals surface area contributed by atoms with Gasteiger partial charge in [0.1, 0.15) is 5.54 Å². The summed E-state index contributed by atoms with van der Waals surface area (Å²) in [6.07, 6.45) is -5.73. The molecule has 1 aromatic carbocycles. The van der Waals surface area contributed by atoms with Crippen molar-refractivity contribution < 1.29 is 30.7 Å². The van der Waals surface area contributed by atoms with Crippen LogP contribution in [0.1, 0.15) is 75.5 Å². The molecule has 194 valence electrons. The molecule has 0 bridgehead atoms. The summed E-state index contributed by atoms with van der Waals surface area (Å²) < 4.78 is 91.7. The minimum Gasteiger partial charge on any atom is -0.300 e. The van der Waals surface area contributed by atoms with Crippen molar-refractivity contribution >= 4 is 11.6 Å². The maximum atomic E-state index is 14.2. The molecule has 0 aliphatic carbocycles. The molecule has 34 heavy (non-hydrogen) atoms. The number of hydrogen-bond acceptors (Lipinski definition) is 2. The molecule has 0 radical (unpaired) electrons. The van der Waals surface area contributed by atoms with Crippen molar-refractivity contribution in [2.75, 3.05) is 6.54 Å². The summed E-state index contributed by atoms with van der Waals surface area (Å²) in [4.78, 5) is 0. The molecule has 0 aliphatic rings. The largest absolute Gasteiger partial charge is 0.435 e. The molecule has 0 amide bonds. The molecule has 10 heteroatoms. The number of rotatable bonds is 13. The molecule has 0 saturated carbocycles. The van der Waals surface area contributed by atoms with Crippen molar-refractivity contribution in [3.05, 3.63) is 34.9 Å². The third-order valence-corrected chi connectivity index (χ3v) is 6.23. The summed E-state index contributed by atoms with van der Waals surface area (Å²) in [5.74, 6) is 0. The summed E-state index contributed by atoms with van der Waals surface area (Å²) >= 11 is 6.30. The lowest BCUT2D eigenvalue weighted by Gasteiger charge is -2.30. The zero-order valence-corrected chi connectivity index (χ0v) is 20.4. The topological polar surface area (TPSA) is 35.8 Å². The first-order valence-corrected chi connectivity index (χ1v) is 11.7. The van der Waals surface area contributed by atoms with Gasteiger partial charge in [0.05, 0.1) is 6.07 Å². The van der Waals surface area contributed by atoms with Crippen LogP contribution in [-0.4, -0.2) is 29.8 Å². The normalized spacial score (nSPS) is 14.2. The molecule has 1 aromatic rings. The molecule has 0 spiro atoms. The van der Waals surface area contributed by atoms with E-state index < -0.39 is 29.1 Å². The van der Waals surface area contributed by atoms with Gasteiger partial charge in [-0.1, -0.05) is 43.9 Å². The maximum absolute atomic E-state index is 14.2. The lowest BCUT2D eigenvalue weighted by atomic mass is 9.90. The zero-order valence-electron chi connectivity index (χ0n) is 19.6. The van der Waals surface area contributed by atoms with Crippen LogP contribution in [0.3, 0.4) is 0 Å². The van der Waals surface area contributed by atoms with Gasteiger partial charge in [-0.15, -0.1) is 11.6 Å². The van der Waals surface area contributed by atoms with E-state index in [0.29, 0.717) is 30.7 Å². The van der Waals surface area contributed by atoms with E-state index in [-0.39, 0.29) is 10.9 Å². The van der Waals surface area contributed by atoms with Gasteiger partial charge in [-0.2, -0.15) is 31.6 Å². The molecule has 1 N–H and O–H groups in total. The third kappa shape index (κ3) is 8.60. The van der Waals surface area contributed by atoms with E-state index in [1.165, 1.54) is 6.92 Å². The van der Waals surface area contributed by atoms with Crippen molar-refractivity contribution in [1.82, 2.24) is 5.32 Å². The molecule has 0 fully saturated rings. The van der Waals surface area contributed by atoms with Crippen LogP contribution in [0.25, 0.3) is 0 Å². The summed E-state index contributed by atoms with van der Waals surface area (Å²) in [5, 5.41) is 12.1. The van der Waals surface area contributed by atoms with Crippen molar-refractivity contribution in [2.24, 2.45) is 0 Å². The number of nitriles is 1. The average molecular weight is 517 g/mol. The van der Waals surface area contributed by atoms with Crippen LogP contribution in [0.15, 0.2) is 18.2 Å². The molecule has 1 unspecified atom stereocenters. The average Bonchev–Trinajstić information content (AvgIpc) is 2.71. The number of hydrogen-bond donors (Lipinski definition) is 1. The minimum atomic E-state index is -6.11. The SMILES string of the molecule is Cc1cc(C(F)(C(F)(F)F)C(F)(F)F)ccc1CCCCCCCC(Cl)CCNC(C)(C)C#N. The number of aryl methyl sites for hydroxylation is 2. The molecule has 2 nitrogen and oxygen atoms in total. The molecule has 0 heterocycles. The van der Waals surface area contributed by atoms with E-state index >= 15 is 0 Å². The highest BCUT2D eigenvalue weighted by Gasteiger charge is 2.73. The van der Waals surface area contributed by atoms with Gasteiger partial charge < -0.3 is 0 Å². The van der Waals surface area contributed by atoms with Gasteiger partial charge >= 0.3 is 18.0 Å². The van der Waals surface area contributed by atoms with Crippen LogP contribution in [0.5, 0.6) is 0 Å². The fourth-order valence-corrected chi connectivity index (χ4v) is 3.88. The molecule has 1 atom stereocenters. The predicted molar refractivity (Wildman–Crippen MR) is 119 cm³/mol. The quantitative estimate of drug-likeness (QED) is 0.163. The summed E-state index contributed by atoms with van der Waals surface area (Å²) in [6, 6.07) is 4.53. The zero-order chi connectivity index (χ0) is 26.2. The number of nitrogens with zero attached hydrogens (tertiary/aromatic N) is 1. The Kier molecular flexibility index (Phi) is 11.2. The number of benzene rings is 1. The van der Waals surface area contributed by atoms with Crippen LogP contribution in [0.4, 0.5) is 30.7 Å². The fraction of sp³-hybridized carbons (Fsp3) is 0.708. The predicted octanol–water partition coefficient (Wildman–Crippen LogP) is 8.06. The monoisotopic (exact) mass is 516 g/mol. The molecule has 0 aromatic heterocycles. The Bertz CT molecular complexity index is 799. The van der Waals surface area contributed by atoms with Gasteiger partial charge in [0.25, 0.3) is 0 Å². The molecular weight excluding hydrogens is 485 g/mol. The van der Waals surface area contributed by atoms with E-state index in [0.717, 1.165) is 51.0 Å². The van der Waals surface area contributed by atoms with Gasteiger partial charge in [0.15, 0.2) is 0 Å². The Morgan fingerprint density at radius 1 is 0.912 bits per heavy atom. The van der Waals surface area contributed by atoms with Crippen molar-refractivity contribution in [2.45, 2.75) is 101 Å². The van der Waals surface area contributed by atoms with Gasteiger partial charge in [-0.25, -0.2) is 4.39 Å². The van der Waals surface area contributed by atoms with Crippen LogP contribution in [-0.2, 0) is 12.1 Å². The second kappa shape index (κ2) is 12.4. The van der Waals surface area contributed by atoms with Crippen molar-refractivity contribution in [3.63, 3.8) is 0 Å². The van der Waals surface area contributed by atoms with Gasteiger partial charge in [0.2, 0.25) is 0 Å². The van der Waals surface area contributed by atoms with Crippen molar-refractivity contribution in [1.29, 1.82) is 5.26 Å². The Labute approximate surface area is 201 Å². The Balaban J connectivity index is 2.43. The fourth-order valence-electron chi connectivity index (χ4n) is 3.62. The Morgan fingerprint density at radius 3 is 2.00 bits per heavy atom. The van der Waals surface area contributed by atoms with E-state index in [2.05, 4.69) is 11.4 Å². The molecular formula is C24H32ClF7N2. The number of alkyl halides is 8. The molecule has 1 rings (SSSR count). The van der Waals surface area contributed by atoms with Gasteiger partial charge in [-0.3, -0.25) is 5.32 Å². The van der Waals surface area contributed by atoms with Gasteiger partial charge in [0, 0.05) is 10.9 Å². The number of halogens is 8. The Morgan fingerprint density at radius 2 is 1.47 bits per heavy atom. The highest BCUT2D eigenvalue weighted by atomic mass is 35.5. The Hall–Kier alpha value is -1.53. The van der Waals surface area contributed by atoms with Crippen LogP contribution in [0, 0.1) is 18.3 Å². The van der Waals surface area contributed by atoms with E-state index in [9.17, 15) is 30.7 Å². The van der Waals surface area contributed by atoms with Crippen LogP contribution >= 0.6 is 11.6 Å². The number of nitrogens with one attached hydrogen (secondary N) is 1. The summed E-state index contributed by atoms with van der Waals surface area (Å²) in [6.45, 7) is 5.64. The number of unbranched alkanes of at least 4 members (excludes halogenated alkanes) is 4. The smallest absolute Gasteiger partial charge is 0.300 e. The third-order valence-electron chi connectivity index (χ3n) is 5.79. The van der Waals surface area contributed by atoms with E-state index in [4.69, 9.17) is 16.9 Å². The first-order valence-electron chi connectivity index (χ1n) is 11.3. The van der Waals surface area contributed by atoms with E-state index in [1.807, 2.05) is 0 Å². The second-order valence-corrected chi connectivity index (χ2v) is 9.77. The van der Waals surface area contributed by atoms with E-state index in [1.54, 1.807) is 13.8 Å². The lowest BCUT2D eigenvalue weighted by Crippen LogP contribution is -2.50. The first kappa shape index (κ1) is 30.5. The highest BCUT2D eigenvalue weighted by Crippen LogP contribution is 2.53. The summed E-state index contributed by atoms with van der Waals surface area (Å²) in [7, 11) is 0. The molecule has 0 aliphatic heterocycles. The minimum absolute atomic E-state index is 0.0131. The summed E-state index contributed by atoms with van der Waals surface area (Å²) in [5.41, 5.74) is -6.63. The standard InChI is InChI=1S/C24H32ClF7N2/c1-17-15-19(22(26,23(27,28)29)24(30,31)32)12-11-18(17)9-7-5-4-6-8-10-20(25)13-14-34-21(2,3)16-33/h11-12,15,20,34H,4-10,13-14H2,1-3H3. The van der Waals surface area contributed by atoms with Crippen LogP contribution in [0.2, 0.25) is 0 Å². The van der Waals surface area contributed by atoms with Crippen LogP contribution < -0.4 is 5.32 Å². The molecule has 0 saturated heterocycles. The van der Waals surface area contributed by atoms with Gasteiger partial charge in [-0.05, 0) is 64.1 Å². The second-order valence-electron chi connectivity index (χ2n) is 9.15. The lowest BCUT2D eigenvalue weighted by molar-refractivity contribution is -0.348. The highest BCUT2D eigenvalue weighted by molar-refractivity contribution is 6.20. The van der Waals surface area contributed by atoms with Crippen molar-refractivity contribution in [3.8, 4) is 6.07 Å². The maximum Gasteiger partial charge on any atom is 0.435 e. The first-order chi connectivity index (χ1) is 15.5.